The first kappa shape index (κ1) is 20.4. The lowest BCUT2D eigenvalue weighted by molar-refractivity contribution is -0.143. The molecular formula is C19H25ClFNO2. The minimum absolute atomic E-state index is 0.167. The highest BCUT2D eigenvalue weighted by Gasteiger charge is 2.14. The largest absolute Gasteiger partial charge is 0.466 e. The predicted molar refractivity (Wildman–Crippen MR) is 96.6 cm³/mol. The molecule has 0 saturated carbocycles. The maximum Gasteiger partial charge on any atom is 0.307 e. The molecule has 0 aliphatic heterocycles. The van der Waals surface area contributed by atoms with E-state index in [0.717, 1.165) is 5.57 Å². The Balaban J connectivity index is 2.66. The zero-order chi connectivity index (χ0) is 18.1. The molecule has 0 saturated heterocycles. The number of hydrogen-bond acceptors (Lipinski definition) is 3. The van der Waals surface area contributed by atoms with Crippen molar-refractivity contribution in [3.8, 4) is 0 Å². The molecule has 0 spiro atoms. The van der Waals surface area contributed by atoms with Crippen LogP contribution in [0.25, 0.3) is 0 Å². The van der Waals surface area contributed by atoms with E-state index in [9.17, 15) is 9.18 Å². The lowest BCUT2D eigenvalue weighted by Gasteiger charge is -2.14. The van der Waals surface area contributed by atoms with Crippen molar-refractivity contribution in [3.63, 3.8) is 0 Å². The Kier molecular flexibility index (Phi) is 8.72. The van der Waals surface area contributed by atoms with Crippen LogP contribution in [0, 0.1) is 5.82 Å². The van der Waals surface area contributed by atoms with Crippen LogP contribution in [0.15, 0.2) is 42.5 Å². The third kappa shape index (κ3) is 6.85. The summed E-state index contributed by atoms with van der Waals surface area (Å²) in [5.41, 5.74) is 7.53. The average molecular weight is 354 g/mol. The van der Waals surface area contributed by atoms with Crippen LogP contribution in [0.2, 0.25) is 5.02 Å². The summed E-state index contributed by atoms with van der Waals surface area (Å²) in [4.78, 5) is 11.4. The van der Waals surface area contributed by atoms with Gasteiger partial charge in [-0.25, -0.2) is 4.39 Å². The molecule has 0 aromatic heterocycles. The summed E-state index contributed by atoms with van der Waals surface area (Å²) in [6.07, 6.45) is 5.07. The summed E-state index contributed by atoms with van der Waals surface area (Å²) in [5, 5.41) is 0.496. The SMILES string of the molecule is C=CC(C/C=C(\C)C[C@@H](N)CC(=O)OCC)c1cc(Cl)ccc1F. The summed E-state index contributed by atoms with van der Waals surface area (Å²) in [7, 11) is 0. The van der Waals surface area contributed by atoms with Gasteiger partial charge in [0.25, 0.3) is 0 Å². The molecule has 0 fully saturated rings. The van der Waals surface area contributed by atoms with E-state index in [0.29, 0.717) is 30.0 Å². The third-order valence-electron chi connectivity index (χ3n) is 3.68. The molecule has 24 heavy (non-hydrogen) atoms. The molecule has 2 N–H and O–H groups in total. The van der Waals surface area contributed by atoms with Crippen LogP contribution < -0.4 is 5.73 Å². The number of halogens is 2. The van der Waals surface area contributed by atoms with Gasteiger partial charge in [0.05, 0.1) is 13.0 Å². The molecule has 1 unspecified atom stereocenters. The van der Waals surface area contributed by atoms with Crippen molar-refractivity contribution in [2.24, 2.45) is 5.73 Å². The van der Waals surface area contributed by atoms with Gasteiger partial charge in [-0.05, 0) is 50.5 Å². The summed E-state index contributed by atoms with van der Waals surface area (Å²) < 4.78 is 18.8. The molecule has 0 bridgehead atoms. The minimum Gasteiger partial charge on any atom is -0.466 e. The number of nitrogens with two attached hydrogens (primary N) is 1. The highest BCUT2D eigenvalue weighted by atomic mass is 35.5. The molecular weight excluding hydrogens is 329 g/mol. The normalized spacial score (nSPS) is 14.1. The summed E-state index contributed by atoms with van der Waals surface area (Å²) in [6, 6.07) is 4.22. The Bertz CT molecular complexity index is 601. The topological polar surface area (TPSA) is 52.3 Å². The number of hydrogen-bond donors (Lipinski definition) is 1. The zero-order valence-electron chi connectivity index (χ0n) is 14.2. The smallest absolute Gasteiger partial charge is 0.307 e. The second-order valence-corrected chi connectivity index (χ2v) is 6.20. The lowest BCUT2D eigenvalue weighted by atomic mass is 9.93. The Labute approximate surface area is 148 Å². The zero-order valence-corrected chi connectivity index (χ0v) is 15.0. The van der Waals surface area contributed by atoms with Crippen molar-refractivity contribution >= 4 is 17.6 Å². The summed E-state index contributed by atoms with van der Waals surface area (Å²) in [5.74, 6) is -0.753. The van der Waals surface area contributed by atoms with Gasteiger partial charge in [0.2, 0.25) is 0 Å². The molecule has 1 rings (SSSR count). The van der Waals surface area contributed by atoms with Crippen LogP contribution in [0.5, 0.6) is 0 Å². The lowest BCUT2D eigenvalue weighted by Crippen LogP contribution is -2.25. The van der Waals surface area contributed by atoms with Crippen molar-refractivity contribution in [2.75, 3.05) is 6.61 Å². The van der Waals surface area contributed by atoms with E-state index >= 15 is 0 Å². The molecule has 0 heterocycles. The van der Waals surface area contributed by atoms with Crippen molar-refractivity contribution in [1.82, 2.24) is 0 Å². The van der Waals surface area contributed by atoms with Gasteiger partial charge < -0.3 is 10.5 Å². The van der Waals surface area contributed by atoms with Gasteiger partial charge >= 0.3 is 5.97 Å². The summed E-state index contributed by atoms with van der Waals surface area (Å²) >= 11 is 5.95. The van der Waals surface area contributed by atoms with Gasteiger partial charge in [-0.15, -0.1) is 6.58 Å². The first-order chi connectivity index (χ1) is 11.4. The number of benzene rings is 1. The van der Waals surface area contributed by atoms with Gasteiger partial charge in [-0.3, -0.25) is 4.79 Å². The second-order valence-electron chi connectivity index (χ2n) is 5.77. The van der Waals surface area contributed by atoms with Crippen molar-refractivity contribution in [3.05, 3.63) is 58.9 Å². The van der Waals surface area contributed by atoms with E-state index in [1.54, 1.807) is 19.1 Å². The van der Waals surface area contributed by atoms with Crippen molar-refractivity contribution in [1.29, 1.82) is 0 Å². The molecule has 5 heteroatoms. The number of allylic oxidation sites excluding steroid dienone is 2. The molecule has 1 aromatic rings. The number of ether oxygens (including phenoxy) is 1. The standard InChI is InChI=1S/C19H25ClFNO2/c1-4-14(17-11-15(20)8-9-18(17)21)7-6-13(3)10-16(22)12-19(23)24-5-2/h4,6,8-9,11,14,16H,1,5,7,10,12,22H2,2-3H3/b13-6+/t14?,16-/m1/s1. The van der Waals surface area contributed by atoms with E-state index in [2.05, 4.69) is 6.58 Å². The molecule has 0 aliphatic carbocycles. The Morgan fingerprint density at radius 1 is 1.46 bits per heavy atom. The molecule has 2 atom stereocenters. The van der Waals surface area contributed by atoms with E-state index in [1.165, 1.54) is 12.1 Å². The Hall–Kier alpha value is -1.65. The van der Waals surface area contributed by atoms with Gasteiger partial charge in [0, 0.05) is 17.0 Å². The number of carbonyl (C=O) groups is 1. The molecule has 0 aliphatic rings. The van der Waals surface area contributed by atoms with Gasteiger partial charge in [0.15, 0.2) is 0 Å². The Morgan fingerprint density at radius 2 is 2.17 bits per heavy atom. The molecule has 0 amide bonds. The number of carbonyl (C=O) groups excluding carboxylic acids is 1. The third-order valence-corrected chi connectivity index (χ3v) is 3.92. The van der Waals surface area contributed by atoms with Crippen LogP contribution >= 0.6 is 11.6 Å². The molecule has 3 nitrogen and oxygen atoms in total. The minimum atomic E-state index is -0.297. The molecule has 0 radical (unpaired) electrons. The fourth-order valence-corrected chi connectivity index (χ4v) is 2.66. The number of esters is 1. The van der Waals surface area contributed by atoms with Crippen LogP contribution in [-0.2, 0) is 9.53 Å². The quantitative estimate of drug-likeness (QED) is 0.514. The maximum absolute atomic E-state index is 14.0. The number of rotatable bonds is 9. The van der Waals surface area contributed by atoms with Crippen LogP contribution in [0.3, 0.4) is 0 Å². The predicted octanol–water partition coefficient (Wildman–Crippen LogP) is 4.76. The highest BCUT2D eigenvalue weighted by Crippen LogP contribution is 2.27. The fourth-order valence-electron chi connectivity index (χ4n) is 2.48. The van der Waals surface area contributed by atoms with Gasteiger partial charge in [0.1, 0.15) is 5.82 Å². The van der Waals surface area contributed by atoms with Gasteiger partial charge in [-0.2, -0.15) is 0 Å². The van der Waals surface area contributed by atoms with E-state index < -0.39 is 0 Å². The Morgan fingerprint density at radius 3 is 2.79 bits per heavy atom. The van der Waals surface area contributed by atoms with Crippen molar-refractivity contribution < 1.29 is 13.9 Å². The second kappa shape index (κ2) is 10.3. The maximum atomic E-state index is 14.0. The van der Waals surface area contributed by atoms with Crippen LogP contribution in [0.4, 0.5) is 4.39 Å². The van der Waals surface area contributed by atoms with Crippen LogP contribution in [-0.4, -0.2) is 18.6 Å². The van der Waals surface area contributed by atoms with E-state index in [4.69, 9.17) is 22.1 Å². The van der Waals surface area contributed by atoms with E-state index in [-0.39, 0.29) is 30.2 Å². The molecule has 132 valence electrons. The van der Waals surface area contributed by atoms with Crippen molar-refractivity contribution in [2.45, 2.75) is 45.1 Å². The fraction of sp³-hybridized carbons (Fsp3) is 0.421. The van der Waals surface area contributed by atoms with Crippen LogP contribution in [0.1, 0.15) is 44.6 Å². The van der Waals surface area contributed by atoms with E-state index in [1.807, 2.05) is 13.0 Å². The first-order valence-corrected chi connectivity index (χ1v) is 8.39. The highest BCUT2D eigenvalue weighted by molar-refractivity contribution is 6.30. The average Bonchev–Trinajstić information content (AvgIpc) is 2.51. The van der Waals surface area contributed by atoms with Gasteiger partial charge in [-0.1, -0.05) is 29.3 Å². The summed E-state index contributed by atoms with van der Waals surface area (Å²) in [6.45, 7) is 7.84. The monoisotopic (exact) mass is 353 g/mol. The first-order valence-electron chi connectivity index (χ1n) is 8.01. The molecule has 1 aromatic carbocycles.